The van der Waals surface area contributed by atoms with E-state index in [0.29, 0.717) is 0 Å². The van der Waals surface area contributed by atoms with Crippen LogP contribution in [0.15, 0.2) is 40.4 Å². The SMILES string of the molecule is OC1C=C(Cc2cccc(Br)c2)CCC1. The summed E-state index contributed by atoms with van der Waals surface area (Å²) in [4.78, 5) is 0. The lowest BCUT2D eigenvalue weighted by atomic mass is 9.93. The minimum Gasteiger partial charge on any atom is -0.389 e. The van der Waals surface area contributed by atoms with E-state index < -0.39 is 0 Å². The van der Waals surface area contributed by atoms with Crippen molar-refractivity contribution in [3.05, 3.63) is 46.0 Å². The summed E-state index contributed by atoms with van der Waals surface area (Å²) in [5, 5.41) is 9.53. The Morgan fingerprint density at radius 2 is 2.27 bits per heavy atom. The van der Waals surface area contributed by atoms with Crippen LogP contribution in [0.4, 0.5) is 0 Å². The Bertz CT molecular complexity index is 371. The first-order valence-corrected chi connectivity index (χ1v) is 6.15. The summed E-state index contributed by atoms with van der Waals surface area (Å²) < 4.78 is 1.12. The quantitative estimate of drug-likeness (QED) is 0.813. The Morgan fingerprint density at radius 1 is 1.40 bits per heavy atom. The fourth-order valence-corrected chi connectivity index (χ4v) is 2.48. The number of aliphatic hydroxyl groups excluding tert-OH is 1. The van der Waals surface area contributed by atoms with Crippen molar-refractivity contribution >= 4 is 15.9 Å². The first-order chi connectivity index (χ1) is 7.24. The van der Waals surface area contributed by atoms with E-state index in [1.54, 1.807) is 0 Å². The summed E-state index contributed by atoms with van der Waals surface area (Å²) in [5.41, 5.74) is 2.68. The molecule has 0 aliphatic heterocycles. The van der Waals surface area contributed by atoms with Gasteiger partial charge in [-0.05, 0) is 43.4 Å². The maximum Gasteiger partial charge on any atom is 0.0723 e. The fraction of sp³-hybridized carbons (Fsp3) is 0.385. The second kappa shape index (κ2) is 4.95. The minimum atomic E-state index is -0.221. The average Bonchev–Trinajstić information content (AvgIpc) is 2.17. The molecule has 0 saturated heterocycles. The van der Waals surface area contributed by atoms with E-state index in [1.807, 2.05) is 12.1 Å². The molecule has 1 aliphatic carbocycles. The molecule has 0 saturated carbocycles. The molecule has 1 aliphatic rings. The van der Waals surface area contributed by atoms with E-state index in [9.17, 15) is 5.11 Å². The smallest absolute Gasteiger partial charge is 0.0723 e. The molecule has 1 aromatic rings. The molecule has 15 heavy (non-hydrogen) atoms. The molecule has 0 fully saturated rings. The standard InChI is InChI=1S/C13H15BrO/c14-12-5-1-3-10(8-12)7-11-4-2-6-13(15)9-11/h1,3,5,8-9,13,15H,2,4,6-7H2. The van der Waals surface area contributed by atoms with Gasteiger partial charge in [0.1, 0.15) is 0 Å². The predicted octanol–water partition coefficient (Wildman–Crippen LogP) is 3.46. The average molecular weight is 267 g/mol. The van der Waals surface area contributed by atoms with Gasteiger partial charge in [-0.2, -0.15) is 0 Å². The molecule has 1 unspecified atom stereocenters. The molecular weight excluding hydrogens is 252 g/mol. The lowest BCUT2D eigenvalue weighted by Gasteiger charge is -2.17. The van der Waals surface area contributed by atoms with Gasteiger partial charge in [-0.1, -0.05) is 39.7 Å². The first kappa shape index (κ1) is 10.9. The van der Waals surface area contributed by atoms with Crippen molar-refractivity contribution in [2.24, 2.45) is 0 Å². The lowest BCUT2D eigenvalue weighted by Crippen LogP contribution is -2.10. The highest BCUT2D eigenvalue weighted by molar-refractivity contribution is 9.10. The van der Waals surface area contributed by atoms with Crippen LogP contribution in [0, 0.1) is 0 Å². The topological polar surface area (TPSA) is 20.2 Å². The van der Waals surface area contributed by atoms with Gasteiger partial charge in [-0.25, -0.2) is 0 Å². The largest absolute Gasteiger partial charge is 0.389 e. The third kappa shape index (κ3) is 3.18. The molecule has 0 amide bonds. The van der Waals surface area contributed by atoms with Crippen LogP contribution in [-0.4, -0.2) is 11.2 Å². The molecule has 2 heteroatoms. The van der Waals surface area contributed by atoms with E-state index in [-0.39, 0.29) is 6.10 Å². The lowest BCUT2D eigenvalue weighted by molar-refractivity contribution is 0.202. The Balaban J connectivity index is 2.08. The Labute approximate surface area is 99.0 Å². The first-order valence-electron chi connectivity index (χ1n) is 5.36. The fourth-order valence-electron chi connectivity index (χ4n) is 2.03. The molecule has 1 atom stereocenters. The predicted molar refractivity (Wildman–Crippen MR) is 65.8 cm³/mol. The molecule has 2 rings (SSSR count). The summed E-state index contributed by atoms with van der Waals surface area (Å²) in [7, 11) is 0. The number of hydrogen-bond donors (Lipinski definition) is 1. The van der Waals surface area contributed by atoms with Crippen molar-refractivity contribution in [3.63, 3.8) is 0 Å². The van der Waals surface area contributed by atoms with Gasteiger partial charge in [-0.3, -0.25) is 0 Å². The van der Waals surface area contributed by atoms with Gasteiger partial charge in [0.15, 0.2) is 0 Å². The molecule has 1 N–H and O–H groups in total. The number of benzene rings is 1. The summed E-state index contributed by atoms with van der Waals surface area (Å²) in [6.07, 6.45) is 5.92. The maximum atomic E-state index is 9.53. The molecular formula is C13H15BrO. The highest BCUT2D eigenvalue weighted by atomic mass is 79.9. The highest BCUT2D eigenvalue weighted by Crippen LogP contribution is 2.22. The van der Waals surface area contributed by atoms with Gasteiger partial charge < -0.3 is 5.11 Å². The van der Waals surface area contributed by atoms with Crippen molar-refractivity contribution in [1.29, 1.82) is 0 Å². The van der Waals surface area contributed by atoms with E-state index >= 15 is 0 Å². The van der Waals surface area contributed by atoms with Crippen molar-refractivity contribution in [1.82, 2.24) is 0 Å². The number of hydrogen-bond acceptors (Lipinski definition) is 1. The van der Waals surface area contributed by atoms with Crippen LogP contribution in [0.1, 0.15) is 24.8 Å². The van der Waals surface area contributed by atoms with Crippen molar-refractivity contribution in [3.8, 4) is 0 Å². The van der Waals surface area contributed by atoms with Crippen LogP contribution in [0.25, 0.3) is 0 Å². The van der Waals surface area contributed by atoms with Crippen LogP contribution < -0.4 is 0 Å². The van der Waals surface area contributed by atoms with Crippen LogP contribution in [-0.2, 0) is 6.42 Å². The Hall–Kier alpha value is -0.600. The third-order valence-corrected chi connectivity index (χ3v) is 3.24. The number of allylic oxidation sites excluding steroid dienone is 1. The Morgan fingerprint density at radius 3 is 3.00 bits per heavy atom. The van der Waals surface area contributed by atoms with Gasteiger partial charge in [0.25, 0.3) is 0 Å². The van der Waals surface area contributed by atoms with E-state index in [1.165, 1.54) is 11.1 Å². The maximum absolute atomic E-state index is 9.53. The van der Waals surface area contributed by atoms with E-state index in [0.717, 1.165) is 30.2 Å². The van der Waals surface area contributed by atoms with Crippen molar-refractivity contribution in [2.75, 3.05) is 0 Å². The van der Waals surface area contributed by atoms with Crippen LogP contribution in [0.5, 0.6) is 0 Å². The zero-order valence-electron chi connectivity index (χ0n) is 8.62. The van der Waals surface area contributed by atoms with Crippen LogP contribution >= 0.6 is 15.9 Å². The van der Waals surface area contributed by atoms with Gasteiger partial charge in [0.2, 0.25) is 0 Å². The third-order valence-electron chi connectivity index (χ3n) is 2.75. The molecule has 80 valence electrons. The zero-order valence-corrected chi connectivity index (χ0v) is 10.2. The molecule has 0 radical (unpaired) electrons. The summed E-state index contributed by atoms with van der Waals surface area (Å²) in [6.45, 7) is 0. The zero-order chi connectivity index (χ0) is 10.7. The Kier molecular flexibility index (Phi) is 3.60. The summed E-state index contributed by atoms with van der Waals surface area (Å²) in [6, 6.07) is 8.36. The minimum absolute atomic E-state index is 0.221. The molecule has 0 bridgehead atoms. The van der Waals surface area contributed by atoms with E-state index in [4.69, 9.17) is 0 Å². The second-order valence-corrected chi connectivity index (χ2v) is 5.01. The van der Waals surface area contributed by atoms with Gasteiger partial charge in [0.05, 0.1) is 6.10 Å². The number of rotatable bonds is 2. The number of halogens is 1. The summed E-state index contributed by atoms with van der Waals surface area (Å²) >= 11 is 3.47. The molecule has 1 aromatic carbocycles. The molecule has 0 heterocycles. The molecule has 0 aromatic heterocycles. The van der Waals surface area contributed by atoms with Gasteiger partial charge >= 0.3 is 0 Å². The molecule has 0 spiro atoms. The van der Waals surface area contributed by atoms with Crippen LogP contribution in [0.2, 0.25) is 0 Å². The van der Waals surface area contributed by atoms with Crippen molar-refractivity contribution < 1.29 is 5.11 Å². The normalized spacial score (nSPS) is 21.2. The number of aliphatic hydroxyl groups is 1. The van der Waals surface area contributed by atoms with Crippen molar-refractivity contribution in [2.45, 2.75) is 31.8 Å². The van der Waals surface area contributed by atoms with Gasteiger partial charge in [0, 0.05) is 4.47 Å². The monoisotopic (exact) mass is 266 g/mol. The highest BCUT2D eigenvalue weighted by Gasteiger charge is 2.10. The molecule has 1 nitrogen and oxygen atoms in total. The van der Waals surface area contributed by atoms with E-state index in [2.05, 4.69) is 34.1 Å². The van der Waals surface area contributed by atoms with Gasteiger partial charge in [-0.15, -0.1) is 0 Å². The summed E-state index contributed by atoms with van der Waals surface area (Å²) in [5.74, 6) is 0. The van der Waals surface area contributed by atoms with Crippen LogP contribution in [0.3, 0.4) is 0 Å². The second-order valence-electron chi connectivity index (χ2n) is 4.09.